The molecule has 0 unspecified atom stereocenters. The van der Waals surface area contributed by atoms with E-state index in [-0.39, 0.29) is 6.03 Å². The normalized spacial score (nSPS) is 10.0. The monoisotopic (exact) mass is 220 g/mol. The average molecular weight is 220 g/mol. The third-order valence-electron chi connectivity index (χ3n) is 2.69. The molecule has 3 nitrogen and oxygen atoms in total. The lowest BCUT2D eigenvalue weighted by Gasteiger charge is -2.26. The van der Waals surface area contributed by atoms with E-state index in [2.05, 4.69) is 0 Å². The van der Waals surface area contributed by atoms with Gasteiger partial charge in [-0.15, -0.1) is 0 Å². The zero-order chi connectivity index (χ0) is 12.1. The molecule has 0 aliphatic carbocycles. The quantitative estimate of drug-likeness (QED) is 0.768. The molecular formula is C13H20N2O. The van der Waals surface area contributed by atoms with E-state index in [0.717, 1.165) is 12.2 Å². The van der Waals surface area contributed by atoms with Crippen molar-refractivity contribution in [2.75, 3.05) is 25.0 Å². The Morgan fingerprint density at radius 2 is 1.69 bits per heavy atom. The lowest BCUT2D eigenvalue weighted by molar-refractivity contribution is 0.218. The minimum Gasteiger partial charge on any atom is -0.328 e. The molecule has 0 saturated heterocycles. The summed E-state index contributed by atoms with van der Waals surface area (Å²) < 4.78 is 0. The summed E-state index contributed by atoms with van der Waals surface area (Å²) in [5.74, 6) is 0. The van der Waals surface area contributed by atoms with Gasteiger partial charge in [-0.2, -0.15) is 0 Å². The number of carbonyl (C=O) groups is 1. The molecule has 1 rings (SSSR count). The van der Waals surface area contributed by atoms with Gasteiger partial charge in [-0.1, -0.05) is 17.7 Å². The predicted molar refractivity (Wildman–Crippen MR) is 67.9 cm³/mol. The molecule has 0 saturated carbocycles. The van der Waals surface area contributed by atoms with Crippen LogP contribution in [-0.2, 0) is 0 Å². The number of amides is 2. The Hall–Kier alpha value is -1.51. The van der Waals surface area contributed by atoms with Crippen LogP contribution < -0.4 is 4.90 Å². The first-order valence-corrected chi connectivity index (χ1v) is 5.69. The maximum absolute atomic E-state index is 12.0. The summed E-state index contributed by atoms with van der Waals surface area (Å²) in [6.07, 6.45) is 0. The topological polar surface area (TPSA) is 23.6 Å². The van der Waals surface area contributed by atoms with Gasteiger partial charge in [-0.05, 0) is 32.9 Å². The number of hydrogen-bond donors (Lipinski definition) is 0. The van der Waals surface area contributed by atoms with E-state index < -0.39 is 0 Å². The molecule has 1 aromatic carbocycles. The second-order valence-corrected chi connectivity index (χ2v) is 3.88. The molecule has 0 radical (unpaired) electrons. The number of anilines is 1. The lowest BCUT2D eigenvalue weighted by atomic mass is 10.2. The second-order valence-electron chi connectivity index (χ2n) is 3.88. The largest absolute Gasteiger partial charge is 0.328 e. The summed E-state index contributed by atoms with van der Waals surface area (Å²) in [6, 6.07) is 8.07. The van der Waals surface area contributed by atoms with Crippen LogP contribution in [0.25, 0.3) is 0 Å². The van der Waals surface area contributed by atoms with Crippen LogP contribution in [0.5, 0.6) is 0 Å². The summed E-state index contributed by atoms with van der Waals surface area (Å²) in [7, 11) is 1.82. The minimum absolute atomic E-state index is 0.0499. The molecule has 0 aliphatic heterocycles. The van der Waals surface area contributed by atoms with Gasteiger partial charge >= 0.3 is 6.03 Å². The van der Waals surface area contributed by atoms with Gasteiger partial charge < -0.3 is 4.90 Å². The fourth-order valence-corrected chi connectivity index (χ4v) is 1.49. The van der Waals surface area contributed by atoms with Crippen molar-refractivity contribution in [2.24, 2.45) is 0 Å². The van der Waals surface area contributed by atoms with Gasteiger partial charge in [-0.3, -0.25) is 4.90 Å². The summed E-state index contributed by atoms with van der Waals surface area (Å²) in [5.41, 5.74) is 2.16. The fraction of sp³-hybridized carbons (Fsp3) is 0.462. The van der Waals surface area contributed by atoms with Gasteiger partial charge in [0, 0.05) is 25.8 Å². The van der Waals surface area contributed by atoms with Crippen molar-refractivity contribution in [1.29, 1.82) is 0 Å². The zero-order valence-corrected chi connectivity index (χ0v) is 10.5. The molecule has 0 aromatic heterocycles. The molecule has 0 heterocycles. The van der Waals surface area contributed by atoms with E-state index in [1.54, 1.807) is 9.80 Å². The third kappa shape index (κ3) is 2.75. The second kappa shape index (κ2) is 5.54. The number of carbonyl (C=O) groups excluding carboxylic acids is 1. The van der Waals surface area contributed by atoms with Gasteiger partial charge in [0.1, 0.15) is 0 Å². The van der Waals surface area contributed by atoms with Crippen LogP contribution in [0.4, 0.5) is 10.5 Å². The Balaban J connectivity index is 2.90. The first-order chi connectivity index (χ1) is 7.60. The van der Waals surface area contributed by atoms with Crippen molar-refractivity contribution in [3.8, 4) is 0 Å². The Morgan fingerprint density at radius 3 is 2.12 bits per heavy atom. The number of nitrogens with zero attached hydrogens (tertiary/aromatic N) is 2. The highest BCUT2D eigenvalue weighted by molar-refractivity contribution is 5.91. The highest BCUT2D eigenvalue weighted by Gasteiger charge is 2.16. The smallest absolute Gasteiger partial charge is 0.324 e. The lowest BCUT2D eigenvalue weighted by Crippen LogP contribution is -2.41. The van der Waals surface area contributed by atoms with Gasteiger partial charge in [0.15, 0.2) is 0 Å². The minimum atomic E-state index is 0.0499. The van der Waals surface area contributed by atoms with Crippen LogP contribution in [0.15, 0.2) is 24.3 Å². The van der Waals surface area contributed by atoms with Gasteiger partial charge in [0.25, 0.3) is 0 Å². The predicted octanol–water partition coefficient (Wildman–Crippen LogP) is 2.89. The molecule has 0 N–H and O–H groups in total. The number of hydrogen-bond acceptors (Lipinski definition) is 1. The van der Waals surface area contributed by atoms with E-state index in [0.29, 0.717) is 6.54 Å². The first-order valence-electron chi connectivity index (χ1n) is 5.69. The highest BCUT2D eigenvalue weighted by atomic mass is 16.2. The molecule has 16 heavy (non-hydrogen) atoms. The maximum atomic E-state index is 12.0. The van der Waals surface area contributed by atoms with Crippen LogP contribution in [0.1, 0.15) is 19.4 Å². The standard InChI is InChI=1S/C13H20N2O/c1-5-14(4)13(16)15(6-2)12-9-7-11(3)8-10-12/h7-10H,5-6H2,1-4H3. The van der Waals surface area contributed by atoms with Crippen LogP contribution >= 0.6 is 0 Å². The van der Waals surface area contributed by atoms with E-state index in [1.807, 2.05) is 52.1 Å². The molecule has 0 atom stereocenters. The summed E-state index contributed by atoms with van der Waals surface area (Å²) in [5, 5.41) is 0. The number of benzene rings is 1. The van der Waals surface area contributed by atoms with E-state index in [1.165, 1.54) is 5.56 Å². The molecular weight excluding hydrogens is 200 g/mol. The van der Waals surface area contributed by atoms with E-state index in [9.17, 15) is 4.79 Å². The van der Waals surface area contributed by atoms with Crippen LogP contribution in [0.3, 0.4) is 0 Å². The Morgan fingerprint density at radius 1 is 1.12 bits per heavy atom. The summed E-state index contributed by atoms with van der Waals surface area (Å²) >= 11 is 0. The first kappa shape index (κ1) is 12.6. The highest BCUT2D eigenvalue weighted by Crippen LogP contribution is 2.16. The molecule has 1 aromatic rings. The summed E-state index contributed by atoms with van der Waals surface area (Å²) in [6.45, 7) is 7.41. The molecule has 3 heteroatoms. The Labute approximate surface area is 97.7 Å². The van der Waals surface area contributed by atoms with Crippen LogP contribution in [0, 0.1) is 6.92 Å². The molecule has 88 valence electrons. The number of rotatable bonds is 3. The zero-order valence-electron chi connectivity index (χ0n) is 10.5. The molecule has 0 bridgehead atoms. The molecule has 0 spiro atoms. The molecule has 0 aliphatic rings. The van der Waals surface area contributed by atoms with E-state index in [4.69, 9.17) is 0 Å². The Bertz CT molecular complexity index is 345. The van der Waals surface area contributed by atoms with Crippen LogP contribution in [-0.4, -0.2) is 31.1 Å². The van der Waals surface area contributed by atoms with Crippen molar-refractivity contribution >= 4 is 11.7 Å². The van der Waals surface area contributed by atoms with Crippen LogP contribution in [0.2, 0.25) is 0 Å². The molecule has 0 fully saturated rings. The number of urea groups is 1. The SMILES string of the molecule is CCN(C)C(=O)N(CC)c1ccc(C)cc1. The summed E-state index contributed by atoms with van der Waals surface area (Å²) in [4.78, 5) is 15.5. The van der Waals surface area contributed by atoms with Crippen molar-refractivity contribution in [1.82, 2.24) is 4.90 Å². The fourth-order valence-electron chi connectivity index (χ4n) is 1.49. The average Bonchev–Trinajstić information content (AvgIpc) is 2.31. The van der Waals surface area contributed by atoms with E-state index >= 15 is 0 Å². The van der Waals surface area contributed by atoms with Crippen molar-refractivity contribution in [3.63, 3.8) is 0 Å². The van der Waals surface area contributed by atoms with Crippen molar-refractivity contribution in [2.45, 2.75) is 20.8 Å². The number of aryl methyl sites for hydroxylation is 1. The van der Waals surface area contributed by atoms with Gasteiger partial charge in [0.2, 0.25) is 0 Å². The third-order valence-corrected chi connectivity index (χ3v) is 2.69. The van der Waals surface area contributed by atoms with Crippen molar-refractivity contribution in [3.05, 3.63) is 29.8 Å². The maximum Gasteiger partial charge on any atom is 0.324 e. The van der Waals surface area contributed by atoms with Crippen molar-refractivity contribution < 1.29 is 4.79 Å². The van der Waals surface area contributed by atoms with Gasteiger partial charge in [0.05, 0.1) is 0 Å². The molecule has 2 amide bonds. The van der Waals surface area contributed by atoms with Gasteiger partial charge in [-0.25, -0.2) is 4.79 Å². The Kier molecular flexibility index (Phi) is 4.35.